The van der Waals surface area contributed by atoms with Crippen LogP contribution in [-0.2, 0) is 0 Å². The second-order valence-electron chi connectivity index (χ2n) is 3.04. The molecule has 1 aromatic carbocycles. The minimum Gasteiger partial charge on any atom is -0.497 e. The number of benzene rings is 1. The number of methoxy groups -OCH3 is 1. The lowest BCUT2D eigenvalue weighted by molar-refractivity contribution is 0.109. The third-order valence-electron chi connectivity index (χ3n) is 1.99. The molecule has 4 heteroatoms. The van der Waals surface area contributed by atoms with E-state index >= 15 is 0 Å². The number of thioether (sulfide) groups is 1. The average molecular weight is 250 g/mol. The highest BCUT2D eigenvalue weighted by molar-refractivity contribution is 8.14. The normalized spacial score (nSPS) is 10.1. The van der Waals surface area contributed by atoms with Crippen molar-refractivity contribution in [3.05, 3.63) is 46.7 Å². The Balaban J connectivity index is 2.06. The lowest BCUT2D eigenvalue weighted by Crippen LogP contribution is -1.88. The van der Waals surface area contributed by atoms with E-state index in [1.807, 2.05) is 41.8 Å². The summed E-state index contributed by atoms with van der Waals surface area (Å²) in [5.41, 5.74) is 0. The van der Waals surface area contributed by atoms with Gasteiger partial charge in [-0.15, -0.1) is 11.3 Å². The summed E-state index contributed by atoms with van der Waals surface area (Å²) < 4.78 is 5.05. The molecule has 0 aliphatic rings. The van der Waals surface area contributed by atoms with E-state index in [-0.39, 0.29) is 5.12 Å². The summed E-state index contributed by atoms with van der Waals surface area (Å²) in [6.07, 6.45) is 0. The molecule has 2 rings (SSSR count). The van der Waals surface area contributed by atoms with Gasteiger partial charge in [-0.05, 0) is 47.5 Å². The molecule has 16 heavy (non-hydrogen) atoms. The highest BCUT2D eigenvalue weighted by Crippen LogP contribution is 2.26. The predicted octanol–water partition coefficient (Wildman–Crippen LogP) is 3.69. The lowest BCUT2D eigenvalue weighted by Gasteiger charge is -2.01. The van der Waals surface area contributed by atoms with E-state index in [0.717, 1.165) is 15.5 Å². The number of thiophene rings is 1. The molecule has 0 atom stereocenters. The van der Waals surface area contributed by atoms with Gasteiger partial charge in [-0.2, -0.15) is 0 Å². The second kappa shape index (κ2) is 5.18. The van der Waals surface area contributed by atoms with Crippen LogP contribution < -0.4 is 4.74 Å². The Bertz CT molecular complexity index is 460. The van der Waals surface area contributed by atoms with E-state index < -0.39 is 0 Å². The van der Waals surface area contributed by atoms with Crippen LogP contribution in [0.2, 0.25) is 0 Å². The summed E-state index contributed by atoms with van der Waals surface area (Å²) in [6, 6.07) is 11.2. The molecule has 1 heterocycles. The standard InChI is InChI=1S/C12H10O2S2/c1-14-9-4-6-10(7-5-9)16-12(13)11-3-2-8-15-11/h2-8H,1H3. The maximum atomic E-state index is 11.8. The van der Waals surface area contributed by atoms with Crippen molar-refractivity contribution in [1.29, 1.82) is 0 Å². The first-order valence-corrected chi connectivity index (χ1v) is 6.39. The number of carbonyl (C=O) groups excluding carboxylic acids is 1. The van der Waals surface area contributed by atoms with E-state index in [9.17, 15) is 4.79 Å². The molecular weight excluding hydrogens is 240 g/mol. The molecule has 2 nitrogen and oxygen atoms in total. The Morgan fingerprint density at radius 1 is 1.25 bits per heavy atom. The Morgan fingerprint density at radius 2 is 2.00 bits per heavy atom. The molecule has 2 aromatic rings. The van der Waals surface area contributed by atoms with Crippen LogP contribution in [0, 0.1) is 0 Å². The number of hydrogen-bond acceptors (Lipinski definition) is 4. The first-order valence-electron chi connectivity index (χ1n) is 4.69. The number of rotatable bonds is 3. The van der Waals surface area contributed by atoms with Gasteiger partial charge in [-0.25, -0.2) is 0 Å². The largest absolute Gasteiger partial charge is 0.497 e. The lowest BCUT2D eigenvalue weighted by atomic mass is 10.3. The molecule has 0 unspecified atom stereocenters. The summed E-state index contributed by atoms with van der Waals surface area (Å²) in [5, 5.41) is 1.99. The molecule has 0 radical (unpaired) electrons. The van der Waals surface area contributed by atoms with Gasteiger partial charge in [0.2, 0.25) is 5.12 Å². The highest BCUT2D eigenvalue weighted by atomic mass is 32.2. The van der Waals surface area contributed by atoms with Crippen molar-refractivity contribution in [3.8, 4) is 5.75 Å². The Labute approximate surface area is 102 Å². The first-order chi connectivity index (χ1) is 7.79. The summed E-state index contributed by atoms with van der Waals surface area (Å²) >= 11 is 2.70. The van der Waals surface area contributed by atoms with E-state index in [4.69, 9.17) is 4.74 Å². The van der Waals surface area contributed by atoms with Crippen molar-refractivity contribution in [2.24, 2.45) is 0 Å². The Hall–Kier alpha value is -1.26. The van der Waals surface area contributed by atoms with E-state index in [1.165, 1.54) is 23.1 Å². The maximum absolute atomic E-state index is 11.8. The van der Waals surface area contributed by atoms with Crippen LogP contribution in [0.1, 0.15) is 9.67 Å². The molecule has 0 amide bonds. The molecular formula is C12H10O2S2. The van der Waals surface area contributed by atoms with Gasteiger partial charge in [0.25, 0.3) is 0 Å². The summed E-state index contributed by atoms with van der Waals surface area (Å²) in [5.74, 6) is 0.799. The zero-order chi connectivity index (χ0) is 11.4. The predicted molar refractivity (Wildman–Crippen MR) is 67.5 cm³/mol. The van der Waals surface area contributed by atoms with Crippen LogP contribution in [0.4, 0.5) is 0 Å². The quantitative estimate of drug-likeness (QED) is 0.777. The van der Waals surface area contributed by atoms with Crippen molar-refractivity contribution in [2.45, 2.75) is 4.90 Å². The molecule has 0 bridgehead atoms. The maximum Gasteiger partial charge on any atom is 0.234 e. The topological polar surface area (TPSA) is 26.3 Å². The van der Waals surface area contributed by atoms with Crippen molar-refractivity contribution < 1.29 is 9.53 Å². The highest BCUT2D eigenvalue weighted by Gasteiger charge is 2.08. The third kappa shape index (κ3) is 2.65. The zero-order valence-electron chi connectivity index (χ0n) is 8.67. The minimum absolute atomic E-state index is 0.0835. The van der Waals surface area contributed by atoms with E-state index in [0.29, 0.717) is 0 Å². The van der Waals surface area contributed by atoms with Crippen molar-refractivity contribution >= 4 is 28.2 Å². The van der Waals surface area contributed by atoms with Crippen LogP contribution in [0.25, 0.3) is 0 Å². The Morgan fingerprint density at radius 3 is 2.56 bits per heavy atom. The van der Waals surface area contributed by atoms with Gasteiger partial charge in [0.1, 0.15) is 5.75 Å². The second-order valence-corrected chi connectivity index (χ2v) is 5.04. The van der Waals surface area contributed by atoms with Gasteiger partial charge in [0.05, 0.1) is 12.0 Å². The fourth-order valence-electron chi connectivity index (χ4n) is 1.20. The molecule has 0 saturated heterocycles. The van der Waals surface area contributed by atoms with Crippen LogP contribution in [0.5, 0.6) is 5.75 Å². The number of hydrogen-bond donors (Lipinski definition) is 0. The first kappa shape index (κ1) is 11.2. The van der Waals surface area contributed by atoms with Gasteiger partial charge >= 0.3 is 0 Å². The molecule has 0 aliphatic carbocycles. The van der Waals surface area contributed by atoms with Crippen molar-refractivity contribution in [3.63, 3.8) is 0 Å². The van der Waals surface area contributed by atoms with E-state index in [2.05, 4.69) is 0 Å². The zero-order valence-corrected chi connectivity index (χ0v) is 10.3. The van der Waals surface area contributed by atoms with Gasteiger partial charge in [0.15, 0.2) is 0 Å². The molecule has 82 valence electrons. The number of carbonyl (C=O) groups is 1. The van der Waals surface area contributed by atoms with Crippen molar-refractivity contribution in [1.82, 2.24) is 0 Å². The Kier molecular flexibility index (Phi) is 3.64. The van der Waals surface area contributed by atoms with Gasteiger partial charge in [0, 0.05) is 4.90 Å². The monoisotopic (exact) mass is 250 g/mol. The van der Waals surface area contributed by atoms with Gasteiger partial charge in [-0.1, -0.05) is 6.07 Å². The average Bonchev–Trinajstić information content (AvgIpc) is 2.83. The van der Waals surface area contributed by atoms with Crippen LogP contribution in [0.15, 0.2) is 46.7 Å². The molecule has 0 aliphatic heterocycles. The summed E-state index contributed by atoms with van der Waals surface area (Å²) in [6.45, 7) is 0. The fraction of sp³-hybridized carbons (Fsp3) is 0.0833. The van der Waals surface area contributed by atoms with Crippen LogP contribution >= 0.6 is 23.1 Å². The fourth-order valence-corrected chi connectivity index (χ4v) is 2.68. The van der Waals surface area contributed by atoms with Crippen LogP contribution in [0.3, 0.4) is 0 Å². The number of ether oxygens (including phenoxy) is 1. The van der Waals surface area contributed by atoms with E-state index in [1.54, 1.807) is 7.11 Å². The molecule has 0 saturated carbocycles. The molecule has 0 N–H and O–H groups in total. The third-order valence-corrected chi connectivity index (χ3v) is 3.90. The minimum atomic E-state index is 0.0835. The summed E-state index contributed by atoms with van der Waals surface area (Å²) in [7, 11) is 1.62. The molecule has 0 fully saturated rings. The van der Waals surface area contributed by atoms with Crippen LogP contribution in [-0.4, -0.2) is 12.2 Å². The SMILES string of the molecule is COc1ccc(SC(=O)c2cccs2)cc1. The van der Waals surface area contributed by atoms with Gasteiger partial charge in [-0.3, -0.25) is 4.79 Å². The molecule has 0 spiro atoms. The summed E-state index contributed by atoms with van der Waals surface area (Å²) in [4.78, 5) is 13.5. The smallest absolute Gasteiger partial charge is 0.234 e. The molecule has 1 aromatic heterocycles. The van der Waals surface area contributed by atoms with Crippen molar-refractivity contribution in [2.75, 3.05) is 7.11 Å². The van der Waals surface area contributed by atoms with Gasteiger partial charge < -0.3 is 4.74 Å².